The molecule has 2 rings (SSSR count). The van der Waals surface area contributed by atoms with Gasteiger partial charge in [-0.25, -0.2) is 4.99 Å². The van der Waals surface area contributed by atoms with Crippen molar-refractivity contribution in [2.45, 2.75) is 77.6 Å². The summed E-state index contributed by atoms with van der Waals surface area (Å²) in [4.78, 5) is 3.64. The molecule has 1 aromatic rings. The Morgan fingerprint density at radius 3 is 2.65 bits per heavy atom. The van der Waals surface area contributed by atoms with Gasteiger partial charge in [-0.2, -0.15) is 0 Å². The monoisotopic (exact) mass is 316 g/mol. The first-order valence-corrected chi connectivity index (χ1v) is 9.64. The third-order valence-electron chi connectivity index (χ3n) is 4.88. The first kappa shape index (κ1) is 18.0. The molecule has 1 atom stereocenters. The van der Waals surface area contributed by atoms with Crippen LogP contribution in [0, 0.1) is 0 Å². The Morgan fingerprint density at radius 2 is 1.91 bits per heavy atom. The Labute approximate surface area is 142 Å². The Bertz CT molecular complexity index is 463. The highest BCUT2D eigenvalue weighted by atomic mass is 16.5. The molecule has 0 fully saturated rings. The molecule has 2 nitrogen and oxygen atoms in total. The van der Waals surface area contributed by atoms with Crippen LogP contribution in [0.3, 0.4) is 0 Å². The Hall–Kier alpha value is -1.31. The molecule has 1 aromatic carbocycles. The third kappa shape index (κ3) is 6.37. The largest absolute Gasteiger partial charge is 0.494 e. The van der Waals surface area contributed by atoms with E-state index in [1.54, 1.807) is 5.71 Å². The van der Waals surface area contributed by atoms with Gasteiger partial charge in [0.25, 0.3) is 0 Å². The molecule has 0 aromatic heterocycles. The van der Waals surface area contributed by atoms with Gasteiger partial charge in [0, 0.05) is 19.3 Å². The minimum atomic E-state index is 0.682. The van der Waals surface area contributed by atoms with Gasteiger partial charge in [0.2, 0.25) is 0 Å². The van der Waals surface area contributed by atoms with Crippen LogP contribution in [0.25, 0.3) is 0 Å². The third-order valence-corrected chi connectivity index (χ3v) is 4.88. The number of hydrogen-bond acceptors (Lipinski definition) is 1. The molecule has 1 N–H and O–H groups in total. The van der Waals surface area contributed by atoms with Crippen molar-refractivity contribution in [3.05, 3.63) is 29.8 Å². The van der Waals surface area contributed by atoms with Gasteiger partial charge in [0.1, 0.15) is 12.3 Å². The molecule has 1 aliphatic heterocycles. The summed E-state index contributed by atoms with van der Waals surface area (Å²) < 4.78 is 5.68. The van der Waals surface area contributed by atoms with Crippen molar-refractivity contribution >= 4 is 5.71 Å². The van der Waals surface area contributed by atoms with Crippen molar-refractivity contribution in [1.82, 2.24) is 0 Å². The quantitative estimate of drug-likeness (QED) is 0.724. The van der Waals surface area contributed by atoms with E-state index in [9.17, 15) is 0 Å². The summed E-state index contributed by atoms with van der Waals surface area (Å²) in [5, 5.41) is 0. The van der Waals surface area contributed by atoms with Crippen LogP contribution < -0.4 is 9.73 Å². The highest BCUT2D eigenvalue weighted by Gasteiger charge is 2.13. The average Bonchev–Trinajstić information content (AvgIpc) is 2.86. The fraction of sp³-hybridized carbons (Fsp3) is 0.667. The van der Waals surface area contributed by atoms with Crippen molar-refractivity contribution in [3.63, 3.8) is 0 Å². The van der Waals surface area contributed by atoms with Crippen LogP contribution >= 0.6 is 0 Å². The van der Waals surface area contributed by atoms with E-state index in [4.69, 9.17) is 4.74 Å². The number of benzene rings is 1. The summed E-state index contributed by atoms with van der Waals surface area (Å²) in [6, 6.07) is 8.79. The maximum absolute atomic E-state index is 5.68. The van der Waals surface area contributed by atoms with Crippen molar-refractivity contribution in [2.75, 3.05) is 13.2 Å². The predicted octanol–water partition coefficient (Wildman–Crippen LogP) is 4.23. The summed E-state index contributed by atoms with van der Waals surface area (Å²) in [6.45, 7) is 6.44. The summed E-state index contributed by atoms with van der Waals surface area (Å²) in [7, 11) is 0. The van der Waals surface area contributed by atoms with Crippen molar-refractivity contribution in [3.8, 4) is 5.75 Å². The molecule has 1 heterocycles. The summed E-state index contributed by atoms with van der Waals surface area (Å²) in [5.41, 5.74) is 3.07. The van der Waals surface area contributed by atoms with Gasteiger partial charge in [-0.1, -0.05) is 26.0 Å². The first-order valence-electron chi connectivity index (χ1n) is 9.64. The normalized spacial score (nSPS) is 16.5. The fourth-order valence-corrected chi connectivity index (χ4v) is 3.43. The van der Waals surface area contributed by atoms with E-state index in [0.29, 0.717) is 5.92 Å². The molecule has 128 valence electrons. The number of hydrogen-bond donors (Lipinski definition) is 1. The lowest BCUT2D eigenvalue weighted by Crippen LogP contribution is -2.72. The number of rotatable bonds is 9. The molecule has 0 bridgehead atoms. The number of ether oxygens (including phenoxy) is 1. The maximum atomic E-state index is 5.68. The molecule has 0 radical (unpaired) electrons. The van der Waals surface area contributed by atoms with E-state index in [-0.39, 0.29) is 0 Å². The minimum Gasteiger partial charge on any atom is -0.494 e. The molecule has 0 spiro atoms. The maximum Gasteiger partial charge on any atom is 0.150 e. The summed E-state index contributed by atoms with van der Waals surface area (Å²) in [6.07, 6.45) is 11.5. The van der Waals surface area contributed by atoms with Crippen LogP contribution in [-0.2, 0) is 0 Å². The number of nitrogens with one attached hydrogen (secondary N) is 1. The van der Waals surface area contributed by atoms with Gasteiger partial charge >= 0.3 is 0 Å². The lowest BCUT2D eigenvalue weighted by Gasteiger charge is -2.15. The molecule has 0 saturated heterocycles. The molecule has 2 heteroatoms. The van der Waals surface area contributed by atoms with E-state index in [1.807, 2.05) is 0 Å². The zero-order valence-electron chi connectivity index (χ0n) is 15.1. The second-order valence-electron chi connectivity index (χ2n) is 6.76. The Kier molecular flexibility index (Phi) is 8.20. The first-order chi connectivity index (χ1) is 11.3. The van der Waals surface area contributed by atoms with E-state index < -0.39 is 0 Å². The molecule has 0 aliphatic carbocycles. The van der Waals surface area contributed by atoms with E-state index in [0.717, 1.165) is 18.8 Å². The smallest absolute Gasteiger partial charge is 0.150 e. The van der Waals surface area contributed by atoms with Crippen molar-refractivity contribution in [2.24, 2.45) is 0 Å². The van der Waals surface area contributed by atoms with Crippen molar-refractivity contribution < 1.29 is 9.73 Å². The lowest BCUT2D eigenvalue weighted by molar-refractivity contribution is -0.458. The second kappa shape index (κ2) is 10.5. The van der Waals surface area contributed by atoms with Gasteiger partial charge in [-0.05, 0) is 62.1 Å². The Balaban J connectivity index is 1.80. The summed E-state index contributed by atoms with van der Waals surface area (Å²) in [5.74, 6) is 1.69. The van der Waals surface area contributed by atoms with Gasteiger partial charge in [0.15, 0.2) is 5.71 Å². The summed E-state index contributed by atoms with van der Waals surface area (Å²) >= 11 is 0. The molecule has 0 amide bonds. The molecular weight excluding hydrogens is 282 g/mol. The highest BCUT2D eigenvalue weighted by molar-refractivity contribution is 5.78. The zero-order chi connectivity index (χ0) is 16.3. The van der Waals surface area contributed by atoms with Gasteiger partial charge < -0.3 is 4.74 Å². The average molecular weight is 317 g/mol. The van der Waals surface area contributed by atoms with Crippen LogP contribution in [0.4, 0.5) is 0 Å². The van der Waals surface area contributed by atoms with Gasteiger partial charge in [-0.3, -0.25) is 0 Å². The van der Waals surface area contributed by atoms with Gasteiger partial charge in [0.05, 0.1) is 6.61 Å². The van der Waals surface area contributed by atoms with Crippen LogP contribution in [-0.4, -0.2) is 18.9 Å². The highest BCUT2D eigenvalue weighted by Crippen LogP contribution is 2.27. The van der Waals surface area contributed by atoms with Crippen molar-refractivity contribution in [1.29, 1.82) is 0 Å². The molecular formula is C21H34NO+. The molecule has 1 aliphatic rings. The predicted molar refractivity (Wildman–Crippen MR) is 98.4 cm³/mol. The lowest BCUT2D eigenvalue weighted by atomic mass is 9.90. The van der Waals surface area contributed by atoms with Gasteiger partial charge in [-0.15, -0.1) is 0 Å². The second-order valence-corrected chi connectivity index (χ2v) is 6.76. The van der Waals surface area contributed by atoms with Crippen LogP contribution in [0.1, 0.15) is 83.1 Å². The Morgan fingerprint density at radius 1 is 1.09 bits per heavy atom. The molecule has 0 saturated carbocycles. The van der Waals surface area contributed by atoms with E-state index in [1.165, 1.54) is 63.5 Å². The molecule has 23 heavy (non-hydrogen) atoms. The standard InChI is InChI=1S/C21H33NO/c1-3-17-23-21-14-12-19(13-15-21)18(4-2)9-8-11-20-10-6-5-7-16-22-20/h12-15,18H,3-11,16-17H2,1-2H3/p+1. The minimum absolute atomic E-state index is 0.682. The van der Waals surface area contributed by atoms with Crippen LogP contribution in [0.15, 0.2) is 24.3 Å². The van der Waals surface area contributed by atoms with Crippen LogP contribution in [0.2, 0.25) is 0 Å². The zero-order valence-corrected chi connectivity index (χ0v) is 15.1. The molecule has 1 unspecified atom stereocenters. The van der Waals surface area contributed by atoms with E-state index in [2.05, 4.69) is 43.1 Å². The fourth-order valence-electron chi connectivity index (χ4n) is 3.43. The van der Waals surface area contributed by atoms with E-state index >= 15 is 0 Å². The SMILES string of the molecule is CCCOc1ccc(C(CC)CCCC2=[NH+]CCCCC2)cc1. The topological polar surface area (TPSA) is 23.2 Å². The van der Waals surface area contributed by atoms with Crippen LogP contribution in [0.5, 0.6) is 5.75 Å².